The normalized spacial score (nSPS) is 11.9. The van der Waals surface area contributed by atoms with Gasteiger partial charge in [-0.25, -0.2) is 0 Å². The second-order valence-electron chi connectivity index (χ2n) is 4.52. The zero-order valence-corrected chi connectivity index (χ0v) is 10.9. The molecule has 1 aromatic rings. The Kier molecular flexibility index (Phi) is 4.05. The van der Waals surface area contributed by atoms with Crippen LogP contribution in [-0.4, -0.2) is 35.3 Å². The van der Waals surface area contributed by atoms with Crippen molar-refractivity contribution in [1.82, 2.24) is 9.88 Å². The van der Waals surface area contributed by atoms with Crippen LogP contribution in [0.15, 0.2) is 18.5 Å². The van der Waals surface area contributed by atoms with Crippen molar-refractivity contribution in [3.8, 4) is 0 Å². The summed E-state index contributed by atoms with van der Waals surface area (Å²) in [6, 6.07) is 1.78. The average molecular weight is 241 g/mol. The molecule has 0 aromatic carbocycles. The van der Waals surface area contributed by atoms with Crippen LogP contribution in [0.3, 0.4) is 0 Å². The van der Waals surface area contributed by atoms with Gasteiger partial charge in [0.25, 0.3) is 0 Å². The number of hydrogen-bond donors (Lipinski definition) is 0. The van der Waals surface area contributed by atoms with Gasteiger partial charge < -0.3 is 0 Å². The summed E-state index contributed by atoms with van der Waals surface area (Å²) >= 11 is 5.97. The number of halogens is 1. The van der Waals surface area contributed by atoms with Crippen LogP contribution in [0.1, 0.15) is 19.4 Å². The summed E-state index contributed by atoms with van der Waals surface area (Å²) in [5.74, 6) is 0.144. The number of aromatic nitrogens is 1. The number of carbonyl (C=O) groups excluding carboxylic acids is 1. The Bertz CT molecular complexity index is 388. The number of nitrogens with zero attached hydrogens (tertiary/aromatic N) is 2. The minimum Gasteiger partial charge on any atom is -0.298 e. The van der Waals surface area contributed by atoms with Crippen LogP contribution in [0.5, 0.6) is 0 Å². The fourth-order valence-electron chi connectivity index (χ4n) is 1.19. The summed E-state index contributed by atoms with van der Waals surface area (Å²) in [6.45, 7) is 3.81. The molecule has 4 heteroatoms. The number of pyridine rings is 1. The molecule has 0 bridgehead atoms. The molecule has 0 spiro atoms. The Morgan fingerprint density at radius 3 is 2.62 bits per heavy atom. The van der Waals surface area contributed by atoms with Crippen molar-refractivity contribution in [3.05, 3.63) is 29.0 Å². The van der Waals surface area contributed by atoms with Gasteiger partial charge in [-0.05, 0) is 39.6 Å². The van der Waals surface area contributed by atoms with Crippen molar-refractivity contribution >= 4 is 17.4 Å². The summed E-state index contributed by atoms with van der Waals surface area (Å²) in [5.41, 5.74) is 0.351. The van der Waals surface area contributed by atoms with Crippen LogP contribution in [0.2, 0.25) is 5.02 Å². The first-order chi connectivity index (χ1) is 7.35. The van der Waals surface area contributed by atoms with Gasteiger partial charge in [-0.15, -0.1) is 0 Å². The molecule has 16 heavy (non-hydrogen) atoms. The summed E-state index contributed by atoms with van der Waals surface area (Å²) < 4.78 is 0. The van der Waals surface area contributed by atoms with Crippen LogP contribution in [0.4, 0.5) is 0 Å². The Balaban J connectivity index is 2.84. The zero-order valence-electron chi connectivity index (χ0n) is 10.1. The first-order valence-electron chi connectivity index (χ1n) is 5.15. The lowest BCUT2D eigenvalue weighted by molar-refractivity contribution is -0.127. The first kappa shape index (κ1) is 13.1. The highest BCUT2D eigenvalue weighted by atomic mass is 35.5. The van der Waals surface area contributed by atoms with Gasteiger partial charge in [-0.1, -0.05) is 11.6 Å². The van der Waals surface area contributed by atoms with Crippen LogP contribution in [-0.2, 0) is 11.2 Å². The minimum absolute atomic E-state index is 0.144. The molecule has 0 N–H and O–H groups in total. The second kappa shape index (κ2) is 4.93. The highest BCUT2D eigenvalue weighted by Crippen LogP contribution is 2.19. The fraction of sp³-hybridized carbons (Fsp3) is 0.500. The lowest BCUT2D eigenvalue weighted by atomic mass is 9.93. The highest BCUT2D eigenvalue weighted by molar-refractivity contribution is 6.31. The third-order valence-corrected chi connectivity index (χ3v) is 3.35. The van der Waals surface area contributed by atoms with Crippen LogP contribution >= 0.6 is 11.6 Å². The van der Waals surface area contributed by atoms with E-state index in [0.717, 1.165) is 5.56 Å². The number of rotatable bonds is 4. The van der Waals surface area contributed by atoms with E-state index >= 15 is 0 Å². The third-order valence-electron chi connectivity index (χ3n) is 3.01. The van der Waals surface area contributed by atoms with Crippen molar-refractivity contribution < 1.29 is 4.79 Å². The summed E-state index contributed by atoms with van der Waals surface area (Å²) in [7, 11) is 3.79. The summed E-state index contributed by atoms with van der Waals surface area (Å²) in [6.07, 6.45) is 3.55. The van der Waals surface area contributed by atoms with E-state index in [9.17, 15) is 4.79 Å². The van der Waals surface area contributed by atoms with Gasteiger partial charge in [-0.3, -0.25) is 14.7 Å². The van der Waals surface area contributed by atoms with Crippen LogP contribution in [0.25, 0.3) is 0 Å². The van der Waals surface area contributed by atoms with Crippen molar-refractivity contribution in [2.75, 3.05) is 14.1 Å². The molecule has 3 nitrogen and oxygen atoms in total. The van der Waals surface area contributed by atoms with Crippen molar-refractivity contribution in [2.24, 2.45) is 0 Å². The Morgan fingerprint density at radius 2 is 2.12 bits per heavy atom. The van der Waals surface area contributed by atoms with Gasteiger partial charge in [0, 0.05) is 18.8 Å². The first-order valence-corrected chi connectivity index (χ1v) is 5.52. The Labute approximate surface area is 101 Å². The van der Waals surface area contributed by atoms with E-state index in [2.05, 4.69) is 4.98 Å². The van der Waals surface area contributed by atoms with Gasteiger partial charge >= 0.3 is 0 Å². The van der Waals surface area contributed by atoms with E-state index in [-0.39, 0.29) is 5.78 Å². The number of carbonyl (C=O) groups is 1. The SMILES string of the molecule is CN(C)C(C)(C)C(=O)Cc1ccncc1Cl. The topological polar surface area (TPSA) is 33.2 Å². The van der Waals surface area contributed by atoms with Crippen LogP contribution in [0, 0.1) is 0 Å². The molecule has 0 aliphatic heterocycles. The number of Topliss-reactive ketones (excluding diaryl/α,β-unsaturated/α-hetero) is 1. The predicted octanol–water partition coefficient (Wildman–Crippen LogP) is 2.19. The van der Waals surface area contributed by atoms with E-state index in [4.69, 9.17) is 11.6 Å². The molecule has 0 saturated heterocycles. The standard InChI is InChI=1S/C12H17ClN2O/c1-12(2,15(3)4)11(16)7-9-5-6-14-8-10(9)13/h5-6,8H,7H2,1-4H3. The van der Waals surface area contributed by atoms with Gasteiger partial charge in [0.05, 0.1) is 10.6 Å². The van der Waals surface area contributed by atoms with E-state index < -0.39 is 5.54 Å². The molecule has 0 aliphatic carbocycles. The lowest BCUT2D eigenvalue weighted by Gasteiger charge is -2.31. The fourth-order valence-corrected chi connectivity index (χ4v) is 1.37. The molecule has 0 fully saturated rings. The molecule has 1 aromatic heterocycles. The number of ketones is 1. The van der Waals surface area contributed by atoms with Crippen molar-refractivity contribution in [1.29, 1.82) is 0 Å². The maximum Gasteiger partial charge on any atom is 0.156 e. The van der Waals surface area contributed by atoms with Gasteiger partial charge in [0.1, 0.15) is 0 Å². The molecule has 0 radical (unpaired) electrons. The molecular formula is C12H17ClN2O. The highest BCUT2D eigenvalue weighted by Gasteiger charge is 2.29. The van der Waals surface area contributed by atoms with E-state index in [1.54, 1.807) is 18.5 Å². The van der Waals surface area contributed by atoms with Gasteiger partial charge in [0.2, 0.25) is 0 Å². The Morgan fingerprint density at radius 1 is 1.50 bits per heavy atom. The van der Waals surface area contributed by atoms with E-state index in [1.165, 1.54) is 0 Å². The number of hydrogen-bond acceptors (Lipinski definition) is 3. The molecule has 0 saturated carbocycles. The average Bonchev–Trinajstić information content (AvgIpc) is 2.21. The second-order valence-corrected chi connectivity index (χ2v) is 4.93. The number of likely N-dealkylation sites (N-methyl/N-ethyl adjacent to an activating group) is 1. The molecule has 0 unspecified atom stereocenters. The molecule has 0 atom stereocenters. The maximum atomic E-state index is 12.1. The van der Waals surface area contributed by atoms with Crippen molar-refractivity contribution in [3.63, 3.8) is 0 Å². The van der Waals surface area contributed by atoms with Crippen molar-refractivity contribution in [2.45, 2.75) is 25.8 Å². The molecule has 1 heterocycles. The van der Waals surface area contributed by atoms with E-state index in [0.29, 0.717) is 11.4 Å². The maximum absolute atomic E-state index is 12.1. The Hall–Kier alpha value is -0.930. The predicted molar refractivity (Wildman–Crippen MR) is 65.7 cm³/mol. The van der Waals surface area contributed by atoms with Crippen LogP contribution < -0.4 is 0 Å². The monoisotopic (exact) mass is 240 g/mol. The molecule has 0 amide bonds. The smallest absolute Gasteiger partial charge is 0.156 e. The summed E-state index contributed by atoms with van der Waals surface area (Å²) in [4.78, 5) is 17.9. The van der Waals surface area contributed by atoms with Gasteiger partial charge in [0.15, 0.2) is 5.78 Å². The summed E-state index contributed by atoms with van der Waals surface area (Å²) in [5, 5.41) is 0.547. The lowest BCUT2D eigenvalue weighted by Crippen LogP contribution is -2.46. The zero-order chi connectivity index (χ0) is 12.3. The molecular weight excluding hydrogens is 224 g/mol. The largest absolute Gasteiger partial charge is 0.298 e. The molecule has 88 valence electrons. The molecule has 1 rings (SSSR count). The minimum atomic E-state index is -0.480. The van der Waals surface area contributed by atoms with Gasteiger partial charge in [-0.2, -0.15) is 0 Å². The molecule has 0 aliphatic rings. The van der Waals surface area contributed by atoms with E-state index in [1.807, 2.05) is 32.8 Å². The quantitative estimate of drug-likeness (QED) is 0.809. The third kappa shape index (κ3) is 2.80.